The molecule has 0 fully saturated rings. The molecular weight excluding hydrogens is 937 g/mol. The van der Waals surface area contributed by atoms with Crippen LogP contribution in [-0.4, -0.2) is 9.13 Å². The molecule has 4 nitrogen and oxygen atoms in total. The van der Waals surface area contributed by atoms with E-state index in [-0.39, 0.29) is 23.8 Å². The van der Waals surface area contributed by atoms with Crippen molar-refractivity contribution in [3.8, 4) is 50.8 Å². The Labute approximate surface area is 436 Å². The maximum Gasteiger partial charge on any atom is 0.220 e. The van der Waals surface area contributed by atoms with Gasteiger partial charge in [0.2, 0.25) is 5.69 Å². The van der Waals surface area contributed by atoms with Crippen LogP contribution in [0.4, 0.5) is 5.69 Å². The molecule has 16 rings (SSSR count). The molecule has 0 spiro atoms. The first-order chi connectivity index (χ1) is 37.9. The van der Waals surface area contributed by atoms with Crippen molar-refractivity contribution in [3.63, 3.8) is 0 Å². The molecule has 12 aromatic carbocycles. The van der Waals surface area contributed by atoms with E-state index in [1.54, 1.807) is 22.7 Å². The molecule has 0 bridgehead atoms. The quantitative estimate of drug-likeness (QED) is 0.125. The van der Waals surface area contributed by atoms with Crippen LogP contribution in [0, 0.1) is 17.9 Å². The van der Waals surface area contributed by atoms with Gasteiger partial charge >= 0.3 is 0 Å². The first-order valence-corrected chi connectivity index (χ1v) is 26.2. The van der Waals surface area contributed by atoms with Crippen LogP contribution in [0.5, 0.6) is 0 Å². The van der Waals surface area contributed by atoms with Crippen LogP contribution in [0.15, 0.2) is 218 Å². The summed E-state index contributed by atoms with van der Waals surface area (Å²) >= 11 is 3.51. The van der Waals surface area contributed by atoms with Crippen molar-refractivity contribution < 1.29 is 4.11 Å². The predicted molar refractivity (Wildman–Crippen MR) is 314 cm³/mol. The van der Waals surface area contributed by atoms with Crippen molar-refractivity contribution in [1.29, 1.82) is 5.26 Å². The normalized spacial score (nSPS) is 12.6. The average Bonchev–Trinajstić information content (AvgIpc) is 3.79. The zero-order valence-corrected chi connectivity index (χ0v) is 40.8. The Morgan fingerprint density at radius 3 is 1.68 bits per heavy atom. The van der Waals surface area contributed by atoms with Gasteiger partial charge in [-0.2, -0.15) is 5.26 Å². The van der Waals surface area contributed by atoms with Crippen molar-refractivity contribution in [2.24, 2.45) is 0 Å². The molecule has 0 amide bonds. The lowest BCUT2D eigenvalue weighted by Crippen LogP contribution is -2.09. The summed E-state index contributed by atoms with van der Waals surface area (Å²) in [5.74, 6) is 0. The summed E-state index contributed by atoms with van der Waals surface area (Å²) in [7, 11) is 0. The Bertz CT molecular complexity index is 5330. The van der Waals surface area contributed by atoms with Crippen LogP contribution >= 0.6 is 22.7 Å². The van der Waals surface area contributed by atoms with E-state index in [1.807, 2.05) is 89.5 Å². The molecule has 0 aliphatic carbocycles. The van der Waals surface area contributed by atoms with Crippen LogP contribution in [0.1, 0.15) is 9.68 Å². The van der Waals surface area contributed by atoms with E-state index >= 15 is 0 Å². The van der Waals surface area contributed by atoms with E-state index in [0.29, 0.717) is 49.9 Å². The monoisotopic (exact) mass is 975 g/mol. The molecule has 0 saturated carbocycles. The van der Waals surface area contributed by atoms with Gasteiger partial charge in [-0.05, 0) is 62.0 Å². The van der Waals surface area contributed by atoms with Crippen LogP contribution in [0.3, 0.4) is 0 Å². The first-order valence-electron chi connectivity index (χ1n) is 26.0. The number of nitrogens with zero attached hydrogens (tertiary/aromatic N) is 4. The number of nitriles is 1. The summed E-state index contributed by atoms with van der Waals surface area (Å²) in [6.07, 6.45) is 0. The highest BCUT2D eigenvalue weighted by Crippen LogP contribution is 2.56. The highest BCUT2D eigenvalue weighted by Gasteiger charge is 2.33. The number of rotatable bonds is 5. The third-order valence-electron chi connectivity index (χ3n) is 15.3. The summed E-state index contributed by atoms with van der Waals surface area (Å²) in [6, 6.07) is 71.2. The van der Waals surface area contributed by atoms with E-state index in [1.165, 1.54) is 0 Å². The topological polar surface area (TPSA) is 38.0 Å². The van der Waals surface area contributed by atoms with E-state index in [0.717, 1.165) is 106 Å². The standard InChI is InChI=1S/C68H36N4S2/c1-70-61-57(40-20-7-3-8-21-40)53(38-69)62(58(41-22-9-4-10-23-41)65(61)71-54-31-16-28-46-43-24-11-12-25-44(43)47-29-17-32-55(71)60(47)59(46)54)72-63-48(34-36-51-45-26-13-14-33-56(45)73-67(51)63)49-35-37-52-50-30-15-27-42(39-18-5-2-6-19-39)66(50)74-68(52)64(49)72/h2-37H/i16D,28D,31D. The Morgan fingerprint density at radius 2 is 0.973 bits per heavy atom. The molecule has 4 aromatic heterocycles. The second-order valence-corrected chi connectivity index (χ2v) is 21.0. The molecular formula is C68H36N4S2. The third kappa shape index (κ3) is 5.43. The van der Waals surface area contributed by atoms with Gasteiger partial charge in [-0.1, -0.05) is 200 Å². The fourth-order valence-electron chi connectivity index (χ4n) is 12.3. The highest BCUT2D eigenvalue weighted by molar-refractivity contribution is 7.27. The lowest BCUT2D eigenvalue weighted by atomic mass is 9.88. The zero-order chi connectivity index (χ0) is 51.4. The number of hydrogen-bond acceptors (Lipinski definition) is 3. The maximum absolute atomic E-state index is 12.3. The Hall–Kier alpha value is -9.56. The Balaban J connectivity index is 1.21. The average molecular weight is 976 g/mol. The minimum atomic E-state index is -0.200. The van der Waals surface area contributed by atoms with Gasteiger partial charge in [0, 0.05) is 63.6 Å². The summed E-state index contributed by atoms with van der Waals surface area (Å²) in [6.45, 7) is 9.48. The number of fused-ring (bicyclic) bond motifs is 14. The molecule has 340 valence electrons. The molecule has 0 atom stereocenters. The second kappa shape index (κ2) is 15.5. The van der Waals surface area contributed by atoms with Gasteiger partial charge in [-0.25, -0.2) is 4.85 Å². The van der Waals surface area contributed by atoms with Crippen molar-refractivity contribution >= 4 is 134 Å². The van der Waals surface area contributed by atoms with E-state index in [9.17, 15) is 15.9 Å². The molecule has 16 aromatic rings. The summed E-state index contributed by atoms with van der Waals surface area (Å²) in [5.41, 5.74) is 9.60. The minimum absolute atomic E-state index is 0.0110. The molecule has 0 aliphatic heterocycles. The summed E-state index contributed by atoms with van der Waals surface area (Å²) in [5, 5.41) is 23.8. The predicted octanol–water partition coefficient (Wildman–Crippen LogP) is 19.8. The molecule has 0 saturated heterocycles. The number of thiophene rings is 2. The zero-order valence-electron chi connectivity index (χ0n) is 42.2. The number of hydrogen-bond donors (Lipinski definition) is 0. The number of aromatic nitrogens is 2. The fourth-order valence-corrected chi connectivity index (χ4v) is 14.9. The van der Waals surface area contributed by atoms with Crippen LogP contribution in [0.2, 0.25) is 0 Å². The van der Waals surface area contributed by atoms with E-state index in [4.69, 9.17) is 0 Å². The van der Waals surface area contributed by atoms with E-state index in [2.05, 4.69) is 131 Å². The van der Waals surface area contributed by atoms with Crippen molar-refractivity contribution in [2.75, 3.05) is 0 Å². The molecule has 0 radical (unpaired) electrons. The second-order valence-electron chi connectivity index (χ2n) is 18.9. The van der Waals surface area contributed by atoms with Gasteiger partial charge in [0.05, 0.1) is 59.1 Å². The lowest BCUT2D eigenvalue weighted by molar-refractivity contribution is 1.14. The largest absolute Gasteiger partial charge is 0.318 e. The third-order valence-corrected chi connectivity index (χ3v) is 17.8. The minimum Gasteiger partial charge on any atom is -0.318 e. The van der Waals surface area contributed by atoms with Crippen LogP contribution < -0.4 is 0 Å². The van der Waals surface area contributed by atoms with Crippen LogP contribution in [0.25, 0.3) is 155 Å². The molecule has 74 heavy (non-hydrogen) atoms. The van der Waals surface area contributed by atoms with Gasteiger partial charge in [0.15, 0.2) is 0 Å². The molecule has 0 N–H and O–H groups in total. The maximum atomic E-state index is 12.3. The summed E-state index contributed by atoms with van der Waals surface area (Å²) < 4.78 is 38.1. The highest BCUT2D eigenvalue weighted by atomic mass is 32.1. The van der Waals surface area contributed by atoms with Gasteiger partial charge in [0.1, 0.15) is 6.07 Å². The Morgan fingerprint density at radius 1 is 0.432 bits per heavy atom. The van der Waals surface area contributed by atoms with Gasteiger partial charge in [-0.15, -0.1) is 22.7 Å². The molecule has 0 aliphatic rings. The van der Waals surface area contributed by atoms with Crippen molar-refractivity contribution in [1.82, 2.24) is 9.13 Å². The SMILES string of the molecule is [2H]c1c([2H])c2c3ccccc3c3cccc4c3c2c(c1[2H])n4-c1c([N+]#[C-])c(-c2ccccc2)c(C#N)c(-n2c3c(ccc4c5ccccc5sc43)c3ccc4c5cccc(-c6ccccc6)c5sc4c32)c1-c1ccccc1. The van der Waals surface area contributed by atoms with Crippen LogP contribution in [-0.2, 0) is 0 Å². The first kappa shape index (κ1) is 38.2. The van der Waals surface area contributed by atoms with Gasteiger partial charge in [0.25, 0.3) is 0 Å². The Kier molecular flexibility index (Phi) is 7.98. The summed E-state index contributed by atoms with van der Waals surface area (Å²) in [4.78, 5) is 4.55. The van der Waals surface area contributed by atoms with Gasteiger partial charge < -0.3 is 9.13 Å². The van der Waals surface area contributed by atoms with Crippen molar-refractivity contribution in [2.45, 2.75) is 0 Å². The lowest BCUT2D eigenvalue weighted by Gasteiger charge is -2.26. The smallest absolute Gasteiger partial charge is 0.220 e. The molecule has 4 heterocycles. The fraction of sp³-hybridized carbons (Fsp3) is 0. The molecule has 6 heteroatoms. The van der Waals surface area contributed by atoms with E-state index < -0.39 is 0 Å². The van der Waals surface area contributed by atoms with Gasteiger partial charge in [-0.3, -0.25) is 0 Å². The van der Waals surface area contributed by atoms with Crippen molar-refractivity contribution in [3.05, 3.63) is 235 Å². The number of benzene rings is 12. The molecule has 0 unspecified atom stereocenters.